The quantitative estimate of drug-likeness (QED) is 0.126. The van der Waals surface area contributed by atoms with Crippen LogP contribution in [0.2, 0.25) is 5.28 Å². The molecule has 5 N–H and O–H groups in total. The van der Waals surface area contributed by atoms with E-state index in [1.165, 1.54) is 10.9 Å². The van der Waals surface area contributed by atoms with Crippen LogP contribution in [0.4, 0.5) is 5.82 Å². The fourth-order valence-electron chi connectivity index (χ4n) is 5.05. The molecular formula is C26H26ClN5O9. The summed E-state index contributed by atoms with van der Waals surface area (Å²) in [4.78, 5) is 38.9. The highest BCUT2D eigenvalue weighted by Crippen LogP contribution is 2.40. The van der Waals surface area contributed by atoms with E-state index in [9.17, 15) is 35.1 Å². The second-order valence-corrected chi connectivity index (χ2v) is 10.2. The summed E-state index contributed by atoms with van der Waals surface area (Å²) in [5.41, 5.74) is -4.39. The number of imidazole rings is 1. The van der Waals surface area contributed by atoms with Crippen LogP contribution in [0.1, 0.15) is 18.2 Å². The zero-order valence-electron chi connectivity index (χ0n) is 21.4. The Labute approximate surface area is 237 Å². The number of aliphatic hydroxyl groups is 3. The largest absolute Gasteiger partial charge is 0.479 e. The average molecular weight is 588 g/mol. The fraction of sp³-hybridized carbons (Fsp3) is 0.423. The number of aliphatic carboxylic acids is 2. The van der Waals surface area contributed by atoms with Crippen LogP contribution in [0.5, 0.6) is 0 Å². The number of aliphatic hydroxyl groups excluding tert-OH is 2. The molecule has 0 spiro atoms. The molecule has 2 aliphatic rings. The van der Waals surface area contributed by atoms with Gasteiger partial charge in [-0.2, -0.15) is 9.97 Å². The number of terminal acetylenes is 1. The maximum atomic E-state index is 12.2. The lowest BCUT2D eigenvalue weighted by molar-refractivity contribution is -0.191. The molecule has 0 amide bonds. The number of hydrogen-bond acceptors (Lipinski definition) is 11. The molecule has 15 heteroatoms. The summed E-state index contributed by atoms with van der Waals surface area (Å²) in [7, 11) is 0. The smallest absolute Gasteiger partial charge is 0.348 e. The number of carboxylic acid groups (broad SMARTS) is 2. The van der Waals surface area contributed by atoms with Crippen molar-refractivity contribution in [2.45, 2.75) is 48.6 Å². The molecule has 2 aliphatic heterocycles. The van der Waals surface area contributed by atoms with Crippen molar-refractivity contribution >= 4 is 40.5 Å². The number of anilines is 1. The van der Waals surface area contributed by atoms with Gasteiger partial charge in [0.15, 0.2) is 28.8 Å². The van der Waals surface area contributed by atoms with Gasteiger partial charge in [0, 0.05) is 19.5 Å². The summed E-state index contributed by atoms with van der Waals surface area (Å²) in [5, 5.41) is 51.9. The molecule has 0 bridgehead atoms. The molecule has 2 aromatic heterocycles. The molecule has 0 unspecified atom stereocenters. The van der Waals surface area contributed by atoms with Gasteiger partial charge in [-0.25, -0.2) is 14.6 Å². The van der Waals surface area contributed by atoms with E-state index in [2.05, 4.69) is 20.9 Å². The van der Waals surface area contributed by atoms with E-state index in [0.717, 1.165) is 0 Å². The number of fused-ring (bicyclic) bond motifs is 1. The molecule has 14 nitrogen and oxygen atoms in total. The van der Waals surface area contributed by atoms with Crippen molar-refractivity contribution in [2.24, 2.45) is 0 Å². The predicted molar refractivity (Wildman–Crippen MR) is 141 cm³/mol. The SMILES string of the molecule is C#C[C@@]1(O)[C@@H](COC(Cc2ccccc2)(C(=O)O)C(=O)O)O[C@@H](n2cnc3c(N4CC[C@@H](O)C4)nc(Cl)nc32)[C@@H]1O. The van der Waals surface area contributed by atoms with Gasteiger partial charge in [0.05, 0.1) is 19.0 Å². The lowest BCUT2D eigenvalue weighted by Gasteiger charge is -2.30. The molecule has 2 saturated heterocycles. The summed E-state index contributed by atoms with van der Waals surface area (Å²) in [5.74, 6) is -1.13. The molecule has 216 valence electrons. The van der Waals surface area contributed by atoms with Gasteiger partial charge in [-0.05, 0) is 23.6 Å². The first-order valence-corrected chi connectivity index (χ1v) is 12.9. The van der Waals surface area contributed by atoms with E-state index in [0.29, 0.717) is 30.9 Å². The van der Waals surface area contributed by atoms with E-state index in [-0.39, 0.29) is 16.4 Å². The van der Waals surface area contributed by atoms with Crippen molar-refractivity contribution in [2.75, 3.05) is 24.6 Å². The van der Waals surface area contributed by atoms with E-state index < -0.39 is 60.7 Å². The van der Waals surface area contributed by atoms with Gasteiger partial charge in [-0.1, -0.05) is 36.3 Å². The Morgan fingerprint density at radius 3 is 2.54 bits per heavy atom. The second kappa shape index (κ2) is 10.9. The monoisotopic (exact) mass is 587 g/mol. The summed E-state index contributed by atoms with van der Waals surface area (Å²) in [6.45, 7) is -0.0157. The number of rotatable bonds is 9. The van der Waals surface area contributed by atoms with Crippen LogP contribution in [-0.4, -0.2) is 106 Å². The third-order valence-corrected chi connectivity index (χ3v) is 7.50. The van der Waals surface area contributed by atoms with Gasteiger partial charge in [-0.3, -0.25) is 4.57 Å². The van der Waals surface area contributed by atoms with Crippen molar-refractivity contribution < 1.29 is 44.6 Å². The molecule has 5 atom stereocenters. The van der Waals surface area contributed by atoms with Crippen molar-refractivity contribution in [1.82, 2.24) is 19.5 Å². The number of hydrogen-bond donors (Lipinski definition) is 5. The van der Waals surface area contributed by atoms with Gasteiger partial charge < -0.3 is 39.9 Å². The van der Waals surface area contributed by atoms with Gasteiger partial charge in [0.2, 0.25) is 5.28 Å². The number of halogens is 1. The maximum Gasteiger partial charge on any atom is 0.348 e. The first kappa shape index (κ1) is 28.7. The Morgan fingerprint density at radius 1 is 1.22 bits per heavy atom. The molecule has 0 saturated carbocycles. The minimum absolute atomic E-state index is 0.126. The zero-order valence-corrected chi connectivity index (χ0v) is 22.1. The Morgan fingerprint density at radius 2 is 1.93 bits per heavy atom. The van der Waals surface area contributed by atoms with Gasteiger partial charge >= 0.3 is 11.9 Å². The van der Waals surface area contributed by atoms with E-state index in [4.69, 9.17) is 27.5 Å². The van der Waals surface area contributed by atoms with Gasteiger partial charge in [0.25, 0.3) is 5.60 Å². The number of carboxylic acids is 2. The third-order valence-electron chi connectivity index (χ3n) is 7.33. The molecule has 41 heavy (non-hydrogen) atoms. The van der Waals surface area contributed by atoms with Crippen LogP contribution in [0.25, 0.3) is 11.2 Å². The number of nitrogens with zero attached hydrogens (tertiary/aromatic N) is 5. The van der Waals surface area contributed by atoms with Crippen molar-refractivity contribution in [3.63, 3.8) is 0 Å². The first-order valence-electron chi connectivity index (χ1n) is 12.5. The number of ether oxygens (including phenoxy) is 2. The summed E-state index contributed by atoms with van der Waals surface area (Å²) >= 11 is 6.18. The van der Waals surface area contributed by atoms with Crippen LogP contribution in [0.15, 0.2) is 36.7 Å². The third kappa shape index (κ3) is 4.97. The molecule has 4 heterocycles. The normalized spacial score (nSPS) is 26.4. The Bertz CT molecular complexity index is 1500. The Kier molecular flexibility index (Phi) is 7.60. The lowest BCUT2D eigenvalue weighted by Crippen LogP contribution is -2.55. The highest BCUT2D eigenvalue weighted by Gasteiger charge is 2.58. The van der Waals surface area contributed by atoms with Crippen molar-refractivity contribution in [3.05, 3.63) is 47.5 Å². The highest BCUT2D eigenvalue weighted by atomic mass is 35.5. The fourth-order valence-corrected chi connectivity index (χ4v) is 5.21. The second-order valence-electron chi connectivity index (χ2n) is 9.87. The van der Waals surface area contributed by atoms with Crippen molar-refractivity contribution in [3.8, 4) is 12.3 Å². The maximum absolute atomic E-state index is 12.2. The van der Waals surface area contributed by atoms with Crippen LogP contribution in [-0.2, 0) is 25.5 Å². The average Bonchev–Trinajstić information content (AvgIpc) is 3.63. The molecule has 2 fully saturated rings. The number of aromatic nitrogens is 4. The lowest BCUT2D eigenvalue weighted by atomic mass is 9.92. The highest BCUT2D eigenvalue weighted by molar-refractivity contribution is 6.28. The first-order chi connectivity index (χ1) is 19.5. The topological polar surface area (TPSA) is 201 Å². The molecule has 3 aromatic rings. The number of benzene rings is 1. The van der Waals surface area contributed by atoms with Gasteiger partial charge in [0.1, 0.15) is 12.2 Å². The zero-order chi connectivity index (χ0) is 29.5. The summed E-state index contributed by atoms with van der Waals surface area (Å²) in [6.07, 6.45) is 1.49. The van der Waals surface area contributed by atoms with Gasteiger partial charge in [-0.15, -0.1) is 6.42 Å². The van der Waals surface area contributed by atoms with Crippen LogP contribution in [0, 0.1) is 12.3 Å². The molecule has 0 radical (unpaired) electrons. The molecular weight excluding hydrogens is 562 g/mol. The minimum Gasteiger partial charge on any atom is -0.479 e. The predicted octanol–water partition coefficient (Wildman–Crippen LogP) is -0.159. The number of carbonyl (C=O) groups is 2. The molecule has 5 rings (SSSR count). The minimum atomic E-state index is -2.75. The Balaban J connectivity index is 1.45. The van der Waals surface area contributed by atoms with Crippen LogP contribution < -0.4 is 4.90 Å². The number of β-amino-alcohol motifs (C(OH)–C–C–N with tert-alkyl or cyclic N) is 1. The molecule has 0 aliphatic carbocycles. The van der Waals surface area contributed by atoms with Crippen LogP contribution >= 0.6 is 11.6 Å². The molecule has 1 aromatic carbocycles. The standard InChI is InChI=1S/C26H26ClN5O9/c1-2-25(39)16(12-40-26(22(35)36,23(37)38)10-14-6-4-3-5-7-14)41-21(18(25)34)32-13-28-17-19(29-24(27)30-20(17)32)31-9-8-15(33)11-31/h1,3-7,13,15-16,18,21,33-34,39H,8-12H2,(H,35,36)(H,37,38)/t15-,16-,18+,21-,25-/m1/s1. The summed E-state index contributed by atoms with van der Waals surface area (Å²) in [6, 6.07) is 8.00. The van der Waals surface area contributed by atoms with E-state index in [1.54, 1.807) is 35.2 Å². The van der Waals surface area contributed by atoms with Crippen LogP contribution in [0.3, 0.4) is 0 Å². The summed E-state index contributed by atoms with van der Waals surface area (Å²) < 4.78 is 12.6. The van der Waals surface area contributed by atoms with Crippen molar-refractivity contribution in [1.29, 1.82) is 0 Å². The van der Waals surface area contributed by atoms with E-state index >= 15 is 0 Å². The Hall–Kier alpha value is -3.84. The van der Waals surface area contributed by atoms with E-state index in [1.807, 2.05) is 0 Å².